The van der Waals surface area contributed by atoms with E-state index in [2.05, 4.69) is 26.6 Å². The van der Waals surface area contributed by atoms with Crippen LogP contribution in [0.5, 0.6) is 11.5 Å². The molecular formula is C21H24N4O4S. The Hall–Kier alpha value is -2.81. The summed E-state index contributed by atoms with van der Waals surface area (Å²) in [5.41, 5.74) is 1.86. The van der Waals surface area contributed by atoms with Gasteiger partial charge in [-0.05, 0) is 50.3 Å². The second-order valence-electron chi connectivity index (χ2n) is 7.16. The van der Waals surface area contributed by atoms with Crippen LogP contribution in [-0.2, 0) is 4.79 Å². The molecule has 9 heteroatoms. The van der Waals surface area contributed by atoms with Crippen molar-refractivity contribution in [3.8, 4) is 22.8 Å². The summed E-state index contributed by atoms with van der Waals surface area (Å²) >= 11 is 1.15. The predicted molar refractivity (Wildman–Crippen MR) is 114 cm³/mol. The minimum absolute atomic E-state index is 0.0880. The maximum Gasteiger partial charge on any atom is 0.278 e. The number of aromatic nitrogens is 3. The number of aromatic amines is 1. The highest BCUT2D eigenvalue weighted by molar-refractivity contribution is 7.99. The van der Waals surface area contributed by atoms with Gasteiger partial charge in [-0.2, -0.15) is 0 Å². The Morgan fingerprint density at radius 3 is 2.83 bits per heavy atom. The molecule has 4 rings (SSSR count). The molecule has 0 fully saturated rings. The van der Waals surface area contributed by atoms with E-state index in [0.29, 0.717) is 42.0 Å². The van der Waals surface area contributed by atoms with Gasteiger partial charge in [0.25, 0.3) is 5.56 Å². The first kappa shape index (κ1) is 20.5. The van der Waals surface area contributed by atoms with Crippen molar-refractivity contribution in [3.63, 3.8) is 0 Å². The van der Waals surface area contributed by atoms with Crippen molar-refractivity contribution >= 4 is 17.7 Å². The van der Waals surface area contributed by atoms with Gasteiger partial charge in [-0.25, -0.2) is 0 Å². The average Bonchev–Trinajstić information content (AvgIpc) is 2.78. The Kier molecular flexibility index (Phi) is 6.68. The van der Waals surface area contributed by atoms with Gasteiger partial charge in [0.05, 0.1) is 5.75 Å². The molecule has 1 aromatic carbocycles. The van der Waals surface area contributed by atoms with Gasteiger partial charge in [-0.1, -0.05) is 23.4 Å². The number of nitrogens with one attached hydrogen (secondary N) is 2. The number of carbonyl (C=O) groups is 1. The molecule has 30 heavy (non-hydrogen) atoms. The van der Waals surface area contributed by atoms with Crippen molar-refractivity contribution in [2.75, 3.05) is 25.5 Å². The summed E-state index contributed by atoms with van der Waals surface area (Å²) in [6, 6.07) is 5.21. The first-order valence-electron chi connectivity index (χ1n) is 10.1. The van der Waals surface area contributed by atoms with Crippen LogP contribution in [0.15, 0.2) is 39.8 Å². The lowest BCUT2D eigenvalue weighted by Gasteiger charge is -2.18. The Labute approximate surface area is 178 Å². The van der Waals surface area contributed by atoms with Gasteiger partial charge in [0.2, 0.25) is 5.91 Å². The largest absolute Gasteiger partial charge is 0.486 e. The van der Waals surface area contributed by atoms with Crippen molar-refractivity contribution in [3.05, 3.63) is 40.2 Å². The third kappa shape index (κ3) is 5.21. The van der Waals surface area contributed by atoms with E-state index < -0.39 is 0 Å². The van der Waals surface area contributed by atoms with Crippen molar-refractivity contribution < 1.29 is 14.3 Å². The monoisotopic (exact) mass is 428 g/mol. The molecule has 2 heterocycles. The fourth-order valence-electron chi connectivity index (χ4n) is 3.45. The lowest BCUT2D eigenvalue weighted by molar-refractivity contribution is -0.118. The van der Waals surface area contributed by atoms with Crippen LogP contribution in [0.4, 0.5) is 0 Å². The first-order valence-corrected chi connectivity index (χ1v) is 11.1. The second-order valence-corrected chi connectivity index (χ2v) is 8.13. The van der Waals surface area contributed by atoms with Crippen LogP contribution in [0.25, 0.3) is 11.3 Å². The molecule has 0 atom stereocenters. The lowest BCUT2D eigenvalue weighted by Crippen LogP contribution is -2.27. The molecule has 158 valence electrons. The van der Waals surface area contributed by atoms with Gasteiger partial charge >= 0.3 is 0 Å². The van der Waals surface area contributed by atoms with E-state index >= 15 is 0 Å². The van der Waals surface area contributed by atoms with Gasteiger partial charge in [-0.15, -0.1) is 10.2 Å². The third-order valence-electron chi connectivity index (χ3n) is 4.99. The number of ether oxygens (including phenoxy) is 2. The SMILES string of the molecule is O=C(CSc1nnc(-c2ccc3c(c2)OCCO3)c(=O)[nH]1)NCCC1=CCCCC1. The molecule has 0 saturated carbocycles. The Bertz CT molecular complexity index is 1000. The van der Waals surface area contributed by atoms with E-state index in [1.807, 2.05) is 0 Å². The molecule has 1 aromatic heterocycles. The highest BCUT2D eigenvalue weighted by Gasteiger charge is 2.15. The van der Waals surface area contributed by atoms with E-state index in [-0.39, 0.29) is 22.9 Å². The summed E-state index contributed by atoms with van der Waals surface area (Å²) < 4.78 is 11.0. The number of hydrogen-bond donors (Lipinski definition) is 2. The molecule has 2 aliphatic rings. The Morgan fingerprint density at radius 1 is 1.17 bits per heavy atom. The number of carbonyl (C=O) groups excluding carboxylic acids is 1. The van der Waals surface area contributed by atoms with E-state index in [4.69, 9.17) is 9.47 Å². The zero-order valence-electron chi connectivity index (χ0n) is 16.6. The minimum Gasteiger partial charge on any atom is -0.486 e. The maximum atomic E-state index is 12.5. The summed E-state index contributed by atoms with van der Waals surface area (Å²) in [7, 11) is 0. The maximum absolute atomic E-state index is 12.5. The van der Waals surface area contributed by atoms with Crippen LogP contribution in [0.2, 0.25) is 0 Å². The van der Waals surface area contributed by atoms with E-state index in [1.54, 1.807) is 18.2 Å². The number of rotatable bonds is 7. The van der Waals surface area contributed by atoms with Crippen LogP contribution in [0.1, 0.15) is 32.1 Å². The number of fused-ring (bicyclic) bond motifs is 1. The molecular weight excluding hydrogens is 404 g/mol. The van der Waals surface area contributed by atoms with Crippen molar-refractivity contribution in [2.45, 2.75) is 37.3 Å². The minimum atomic E-state index is -0.367. The number of nitrogens with zero attached hydrogens (tertiary/aromatic N) is 2. The topological polar surface area (TPSA) is 106 Å². The van der Waals surface area contributed by atoms with E-state index in [0.717, 1.165) is 31.0 Å². The molecule has 1 aliphatic carbocycles. The Morgan fingerprint density at radius 2 is 2.03 bits per heavy atom. The molecule has 1 amide bonds. The van der Waals surface area contributed by atoms with E-state index in [9.17, 15) is 9.59 Å². The smallest absolute Gasteiger partial charge is 0.278 e. The molecule has 0 spiro atoms. The van der Waals surface area contributed by atoms with Crippen LogP contribution >= 0.6 is 11.8 Å². The molecule has 2 aromatic rings. The van der Waals surface area contributed by atoms with E-state index in [1.165, 1.54) is 18.4 Å². The zero-order chi connectivity index (χ0) is 20.8. The quantitative estimate of drug-likeness (QED) is 0.516. The number of amides is 1. The third-order valence-corrected chi connectivity index (χ3v) is 5.85. The summed E-state index contributed by atoms with van der Waals surface area (Å²) in [6.07, 6.45) is 7.97. The van der Waals surface area contributed by atoms with Crippen molar-refractivity contribution in [1.29, 1.82) is 0 Å². The molecule has 0 bridgehead atoms. The molecule has 8 nitrogen and oxygen atoms in total. The fraction of sp³-hybridized carbons (Fsp3) is 0.429. The number of benzene rings is 1. The van der Waals surface area contributed by atoms with Crippen LogP contribution in [0.3, 0.4) is 0 Å². The summed E-state index contributed by atoms with van der Waals surface area (Å²) in [4.78, 5) is 27.2. The Balaban J connectivity index is 1.30. The van der Waals surface area contributed by atoms with Crippen molar-refractivity contribution in [1.82, 2.24) is 20.5 Å². The highest BCUT2D eigenvalue weighted by Crippen LogP contribution is 2.33. The van der Waals surface area contributed by atoms with Crippen LogP contribution < -0.4 is 20.3 Å². The summed E-state index contributed by atoms with van der Waals surface area (Å²) in [6.45, 7) is 1.61. The molecule has 0 radical (unpaired) electrons. The summed E-state index contributed by atoms with van der Waals surface area (Å²) in [5, 5.41) is 11.3. The number of allylic oxidation sites excluding steroid dienone is 1. The standard InChI is InChI=1S/C21H24N4O4S/c26-18(22-9-8-14-4-2-1-3-5-14)13-30-21-23-20(27)19(24-25-21)15-6-7-16-17(12-15)29-11-10-28-16/h4,6-7,12H,1-3,5,8-11,13H2,(H,22,26)(H,23,25,27). The molecule has 0 saturated heterocycles. The van der Waals surface area contributed by atoms with Gasteiger partial charge in [-0.3, -0.25) is 14.6 Å². The van der Waals surface area contributed by atoms with Gasteiger partial charge in [0.15, 0.2) is 22.3 Å². The first-order chi connectivity index (χ1) is 14.7. The number of hydrogen-bond acceptors (Lipinski definition) is 7. The van der Waals surface area contributed by atoms with Crippen LogP contribution in [0, 0.1) is 0 Å². The van der Waals surface area contributed by atoms with Gasteiger partial charge in [0, 0.05) is 12.1 Å². The molecule has 2 N–H and O–H groups in total. The predicted octanol–water partition coefficient (Wildman–Crippen LogP) is 2.70. The van der Waals surface area contributed by atoms with Crippen LogP contribution in [-0.4, -0.2) is 46.6 Å². The fourth-order valence-corrected chi connectivity index (χ4v) is 4.08. The average molecular weight is 429 g/mol. The number of H-pyrrole nitrogens is 1. The van der Waals surface area contributed by atoms with Crippen molar-refractivity contribution in [2.24, 2.45) is 0 Å². The number of thioether (sulfide) groups is 1. The molecule has 1 aliphatic heterocycles. The lowest BCUT2D eigenvalue weighted by atomic mass is 9.97. The highest BCUT2D eigenvalue weighted by atomic mass is 32.2. The second kappa shape index (κ2) is 9.80. The molecule has 0 unspecified atom stereocenters. The zero-order valence-corrected chi connectivity index (χ0v) is 17.4. The van der Waals surface area contributed by atoms with Gasteiger partial charge < -0.3 is 14.8 Å². The normalized spacial score (nSPS) is 15.4. The summed E-state index contributed by atoms with van der Waals surface area (Å²) in [5.74, 6) is 1.31. The van der Waals surface area contributed by atoms with Gasteiger partial charge in [0.1, 0.15) is 13.2 Å².